The van der Waals surface area contributed by atoms with Crippen LogP contribution in [-0.2, 0) is 22.6 Å². The van der Waals surface area contributed by atoms with Crippen molar-refractivity contribution in [2.24, 2.45) is 0 Å². The molecule has 0 aliphatic carbocycles. The van der Waals surface area contributed by atoms with Gasteiger partial charge in [-0.25, -0.2) is 4.68 Å². The molecule has 0 unspecified atom stereocenters. The molecule has 94 valence electrons. The molecule has 0 aromatic carbocycles. The molecule has 0 radical (unpaired) electrons. The summed E-state index contributed by atoms with van der Waals surface area (Å²) in [6, 6.07) is 0. The van der Waals surface area contributed by atoms with Crippen molar-refractivity contribution in [2.75, 3.05) is 6.54 Å². The van der Waals surface area contributed by atoms with E-state index >= 15 is 0 Å². The van der Waals surface area contributed by atoms with E-state index in [2.05, 4.69) is 20.8 Å². The van der Waals surface area contributed by atoms with Crippen LogP contribution in [0.2, 0.25) is 0 Å². The lowest BCUT2D eigenvalue weighted by Crippen LogP contribution is -2.28. The third kappa shape index (κ3) is 4.58. The number of carbonyl (C=O) groups is 2. The van der Waals surface area contributed by atoms with Gasteiger partial charge < -0.3 is 10.4 Å². The zero-order valence-corrected chi connectivity index (χ0v) is 9.59. The summed E-state index contributed by atoms with van der Waals surface area (Å²) in [5.74, 6) is -0.737. The van der Waals surface area contributed by atoms with Crippen LogP contribution in [0.4, 0.5) is 0 Å². The predicted molar refractivity (Wildman–Crippen MR) is 57.1 cm³/mol. The highest BCUT2D eigenvalue weighted by Crippen LogP contribution is 1.95. The molecule has 17 heavy (non-hydrogen) atoms. The zero-order valence-electron chi connectivity index (χ0n) is 9.59. The molecular weight excluding hydrogens is 226 g/mol. The summed E-state index contributed by atoms with van der Waals surface area (Å²) < 4.78 is 1.57. The van der Waals surface area contributed by atoms with Gasteiger partial charge in [0.05, 0.1) is 12.8 Å². The first kappa shape index (κ1) is 13.1. The second-order valence-electron chi connectivity index (χ2n) is 3.49. The molecule has 0 saturated heterocycles. The minimum absolute atomic E-state index is 0.0621. The summed E-state index contributed by atoms with van der Waals surface area (Å²) >= 11 is 0. The molecule has 8 nitrogen and oxygen atoms in total. The SMILES string of the molecule is CCCn1nnnc1CC(=O)NCCC(=O)O. The van der Waals surface area contributed by atoms with Crippen LogP contribution in [0.5, 0.6) is 0 Å². The fraction of sp³-hybridized carbons (Fsp3) is 0.667. The highest BCUT2D eigenvalue weighted by molar-refractivity contribution is 5.78. The van der Waals surface area contributed by atoms with Crippen molar-refractivity contribution in [3.63, 3.8) is 0 Å². The molecule has 0 atom stereocenters. The second kappa shape index (κ2) is 6.56. The summed E-state index contributed by atoms with van der Waals surface area (Å²) in [6.07, 6.45) is 0.844. The lowest BCUT2D eigenvalue weighted by Gasteiger charge is -2.03. The third-order valence-corrected chi connectivity index (χ3v) is 2.02. The first-order valence-corrected chi connectivity index (χ1v) is 5.37. The molecule has 0 aliphatic heterocycles. The van der Waals surface area contributed by atoms with Gasteiger partial charge in [-0.1, -0.05) is 6.92 Å². The molecule has 0 aliphatic rings. The van der Waals surface area contributed by atoms with Crippen LogP contribution in [0.15, 0.2) is 0 Å². The summed E-state index contributed by atoms with van der Waals surface area (Å²) in [5.41, 5.74) is 0. The van der Waals surface area contributed by atoms with Crippen molar-refractivity contribution >= 4 is 11.9 Å². The number of tetrazole rings is 1. The Hall–Kier alpha value is -1.99. The number of nitrogens with zero attached hydrogens (tertiary/aromatic N) is 4. The maximum atomic E-state index is 11.4. The van der Waals surface area contributed by atoms with Crippen molar-refractivity contribution in [2.45, 2.75) is 32.7 Å². The average Bonchev–Trinajstić information content (AvgIpc) is 2.66. The van der Waals surface area contributed by atoms with Gasteiger partial charge in [0.1, 0.15) is 0 Å². The van der Waals surface area contributed by atoms with E-state index in [1.807, 2.05) is 6.92 Å². The van der Waals surface area contributed by atoms with Gasteiger partial charge in [0.25, 0.3) is 0 Å². The van der Waals surface area contributed by atoms with Crippen molar-refractivity contribution < 1.29 is 14.7 Å². The Labute approximate surface area is 98.0 Å². The van der Waals surface area contributed by atoms with Crippen LogP contribution in [0, 0.1) is 0 Å². The second-order valence-corrected chi connectivity index (χ2v) is 3.49. The third-order valence-electron chi connectivity index (χ3n) is 2.02. The Balaban J connectivity index is 2.39. The number of amides is 1. The first-order valence-electron chi connectivity index (χ1n) is 5.37. The van der Waals surface area contributed by atoms with Crippen LogP contribution >= 0.6 is 0 Å². The quantitative estimate of drug-likeness (QED) is 0.647. The molecule has 1 aromatic rings. The number of aryl methyl sites for hydroxylation is 1. The van der Waals surface area contributed by atoms with E-state index in [-0.39, 0.29) is 25.3 Å². The van der Waals surface area contributed by atoms with Crippen LogP contribution in [0.3, 0.4) is 0 Å². The van der Waals surface area contributed by atoms with Gasteiger partial charge >= 0.3 is 5.97 Å². The van der Waals surface area contributed by atoms with Crippen molar-refractivity contribution in [3.05, 3.63) is 5.82 Å². The number of carbonyl (C=O) groups excluding carboxylic acids is 1. The highest BCUT2D eigenvalue weighted by atomic mass is 16.4. The number of carboxylic acids is 1. The van der Waals surface area contributed by atoms with E-state index in [1.165, 1.54) is 0 Å². The maximum absolute atomic E-state index is 11.4. The fourth-order valence-corrected chi connectivity index (χ4v) is 1.25. The fourth-order valence-electron chi connectivity index (χ4n) is 1.25. The van der Waals surface area contributed by atoms with Crippen molar-refractivity contribution in [1.82, 2.24) is 25.5 Å². The number of aromatic nitrogens is 4. The lowest BCUT2D eigenvalue weighted by molar-refractivity contribution is -0.136. The minimum Gasteiger partial charge on any atom is -0.481 e. The summed E-state index contributed by atoms with van der Waals surface area (Å²) in [6.45, 7) is 2.76. The number of hydrogen-bond acceptors (Lipinski definition) is 5. The normalized spacial score (nSPS) is 10.2. The molecule has 2 N–H and O–H groups in total. The van der Waals surface area contributed by atoms with E-state index in [0.29, 0.717) is 12.4 Å². The molecule has 1 heterocycles. The molecule has 0 bridgehead atoms. The smallest absolute Gasteiger partial charge is 0.305 e. The maximum Gasteiger partial charge on any atom is 0.305 e. The highest BCUT2D eigenvalue weighted by Gasteiger charge is 2.10. The van der Waals surface area contributed by atoms with Gasteiger partial charge in [0.2, 0.25) is 5.91 Å². The Kier molecular flexibility index (Phi) is 5.05. The van der Waals surface area contributed by atoms with Crippen LogP contribution in [0.25, 0.3) is 0 Å². The molecule has 1 rings (SSSR count). The molecule has 1 aromatic heterocycles. The standard InChI is InChI=1S/C9H15N5O3/c1-2-5-14-7(11-12-13-14)6-8(15)10-4-3-9(16)17/h2-6H2,1H3,(H,10,15)(H,16,17). The van der Waals surface area contributed by atoms with Crippen LogP contribution < -0.4 is 5.32 Å². The van der Waals surface area contributed by atoms with Gasteiger partial charge in [0.15, 0.2) is 5.82 Å². The topological polar surface area (TPSA) is 110 Å². The monoisotopic (exact) mass is 241 g/mol. The molecule has 8 heteroatoms. The van der Waals surface area contributed by atoms with Gasteiger partial charge in [0, 0.05) is 13.1 Å². The van der Waals surface area contributed by atoms with Gasteiger partial charge in [-0.2, -0.15) is 0 Å². The minimum atomic E-state index is -0.943. The summed E-state index contributed by atoms with van der Waals surface area (Å²) in [4.78, 5) is 21.7. The van der Waals surface area contributed by atoms with Crippen molar-refractivity contribution in [3.8, 4) is 0 Å². The van der Waals surface area contributed by atoms with Crippen molar-refractivity contribution in [1.29, 1.82) is 0 Å². The Morgan fingerprint density at radius 1 is 1.47 bits per heavy atom. The van der Waals surface area contributed by atoms with Crippen LogP contribution in [-0.4, -0.2) is 43.7 Å². The molecule has 0 spiro atoms. The molecule has 0 saturated carbocycles. The van der Waals surface area contributed by atoms with E-state index in [0.717, 1.165) is 6.42 Å². The summed E-state index contributed by atoms with van der Waals surface area (Å²) in [7, 11) is 0. The molecule has 1 amide bonds. The predicted octanol–water partition coefficient (Wildman–Crippen LogP) is -0.783. The van der Waals surface area contributed by atoms with E-state index in [1.54, 1.807) is 4.68 Å². The van der Waals surface area contributed by atoms with Crippen LogP contribution in [0.1, 0.15) is 25.6 Å². The number of rotatable bonds is 7. The first-order chi connectivity index (χ1) is 8.13. The van der Waals surface area contributed by atoms with Gasteiger partial charge in [-0.15, -0.1) is 5.10 Å². The average molecular weight is 241 g/mol. The molecule has 0 fully saturated rings. The van der Waals surface area contributed by atoms with E-state index < -0.39 is 5.97 Å². The number of carboxylic acid groups (broad SMARTS) is 1. The number of aliphatic carboxylic acids is 1. The van der Waals surface area contributed by atoms with E-state index in [9.17, 15) is 9.59 Å². The Bertz CT molecular complexity index is 390. The molecular formula is C9H15N5O3. The largest absolute Gasteiger partial charge is 0.481 e. The Morgan fingerprint density at radius 3 is 2.88 bits per heavy atom. The van der Waals surface area contributed by atoms with E-state index in [4.69, 9.17) is 5.11 Å². The Morgan fingerprint density at radius 2 is 2.24 bits per heavy atom. The number of hydrogen-bond donors (Lipinski definition) is 2. The van der Waals surface area contributed by atoms with Gasteiger partial charge in [-0.3, -0.25) is 9.59 Å². The lowest BCUT2D eigenvalue weighted by atomic mass is 10.3. The number of nitrogens with one attached hydrogen (secondary N) is 1. The van der Waals surface area contributed by atoms with Gasteiger partial charge in [-0.05, 0) is 16.8 Å². The zero-order chi connectivity index (χ0) is 12.7. The summed E-state index contributed by atoms with van der Waals surface area (Å²) in [5, 5.41) is 21.9.